The number of primary sulfonamides is 1. The monoisotopic (exact) mass is 387 g/mol. The number of benzene rings is 2. The fraction of sp³-hybridized carbons (Fsp3) is 0.167. The molecule has 27 heavy (non-hydrogen) atoms. The first-order valence-electron chi connectivity index (χ1n) is 8.05. The topological polar surface area (TPSA) is 127 Å². The van der Waals surface area contributed by atoms with Gasteiger partial charge in [0, 0.05) is 19.2 Å². The molecule has 0 aliphatic carbocycles. The summed E-state index contributed by atoms with van der Waals surface area (Å²) in [7, 11) is -2.34. The molecule has 0 radical (unpaired) electrons. The highest BCUT2D eigenvalue weighted by Crippen LogP contribution is 2.22. The average Bonchev–Trinajstić information content (AvgIpc) is 2.85. The van der Waals surface area contributed by atoms with Crippen molar-refractivity contribution in [3.8, 4) is 0 Å². The van der Waals surface area contributed by atoms with Gasteiger partial charge in [0.05, 0.1) is 16.0 Å². The summed E-state index contributed by atoms with van der Waals surface area (Å²) in [5.74, 6) is -1.18. The highest BCUT2D eigenvalue weighted by Gasteiger charge is 2.33. The van der Waals surface area contributed by atoms with E-state index in [2.05, 4.69) is 5.32 Å². The van der Waals surface area contributed by atoms with Crippen molar-refractivity contribution in [1.29, 1.82) is 0 Å². The van der Waals surface area contributed by atoms with Gasteiger partial charge in [-0.05, 0) is 42.3 Å². The van der Waals surface area contributed by atoms with Crippen molar-refractivity contribution < 1.29 is 22.8 Å². The molecule has 0 saturated carbocycles. The van der Waals surface area contributed by atoms with Crippen molar-refractivity contribution in [3.63, 3.8) is 0 Å². The number of nitrogens with two attached hydrogens (primary N) is 1. The third kappa shape index (κ3) is 3.74. The Morgan fingerprint density at radius 1 is 1.04 bits per heavy atom. The van der Waals surface area contributed by atoms with Crippen LogP contribution in [0.5, 0.6) is 0 Å². The van der Waals surface area contributed by atoms with E-state index in [9.17, 15) is 22.8 Å². The molecule has 9 heteroatoms. The molecular formula is C18H17N3O5S. The average molecular weight is 387 g/mol. The first-order valence-corrected chi connectivity index (χ1v) is 9.59. The van der Waals surface area contributed by atoms with Gasteiger partial charge in [0.25, 0.3) is 17.7 Å². The molecule has 1 heterocycles. The quantitative estimate of drug-likeness (QED) is 0.724. The number of hydrogen-bond acceptors (Lipinski definition) is 5. The molecule has 2 aromatic rings. The zero-order valence-corrected chi connectivity index (χ0v) is 15.2. The molecule has 1 aliphatic heterocycles. The lowest BCUT2D eigenvalue weighted by Gasteiger charge is -2.07. The van der Waals surface area contributed by atoms with E-state index < -0.39 is 15.9 Å². The Kier molecular flexibility index (Phi) is 4.81. The van der Waals surface area contributed by atoms with Crippen molar-refractivity contribution in [2.75, 3.05) is 13.6 Å². The van der Waals surface area contributed by atoms with E-state index in [1.165, 1.54) is 37.4 Å². The zero-order chi connectivity index (χ0) is 19.8. The van der Waals surface area contributed by atoms with Crippen molar-refractivity contribution in [2.45, 2.75) is 11.3 Å². The number of rotatable bonds is 5. The van der Waals surface area contributed by atoms with Gasteiger partial charge < -0.3 is 5.32 Å². The summed E-state index contributed by atoms with van der Waals surface area (Å²) in [6.07, 6.45) is 0.488. The summed E-state index contributed by atoms with van der Waals surface area (Å²) < 4.78 is 22.4. The van der Waals surface area contributed by atoms with Crippen LogP contribution in [0.25, 0.3) is 0 Å². The van der Waals surface area contributed by atoms with Crippen LogP contribution in [0.4, 0.5) is 0 Å². The molecule has 0 spiro atoms. The molecule has 1 aliphatic rings. The molecular weight excluding hydrogens is 370 g/mol. The number of amides is 3. The second-order valence-electron chi connectivity index (χ2n) is 6.12. The van der Waals surface area contributed by atoms with Gasteiger partial charge in [-0.3, -0.25) is 19.3 Å². The smallest absolute Gasteiger partial charge is 0.261 e. The van der Waals surface area contributed by atoms with E-state index in [0.29, 0.717) is 13.0 Å². The first kappa shape index (κ1) is 18.7. The molecule has 2 aromatic carbocycles. The third-order valence-corrected chi connectivity index (χ3v) is 5.23. The minimum Gasteiger partial charge on any atom is -0.352 e. The molecule has 3 N–H and O–H groups in total. The normalized spacial score (nSPS) is 13.6. The van der Waals surface area contributed by atoms with Crippen LogP contribution in [0.15, 0.2) is 47.4 Å². The van der Waals surface area contributed by atoms with Crippen LogP contribution in [0.1, 0.15) is 36.6 Å². The van der Waals surface area contributed by atoms with Gasteiger partial charge >= 0.3 is 0 Å². The van der Waals surface area contributed by atoms with E-state index in [1.54, 1.807) is 12.1 Å². The number of imide groups is 1. The van der Waals surface area contributed by atoms with Crippen molar-refractivity contribution in [2.24, 2.45) is 5.14 Å². The van der Waals surface area contributed by atoms with Crippen LogP contribution in [0, 0.1) is 0 Å². The number of nitrogens with zero attached hydrogens (tertiary/aromatic N) is 1. The molecule has 0 aromatic heterocycles. The molecule has 0 unspecified atom stereocenters. The Labute approximate surface area is 156 Å². The highest BCUT2D eigenvalue weighted by atomic mass is 32.2. The summed E-state index contributed by atoms with van der Waals surface area (Å²) in [5.41, 5.74) is 1.62. The molecule has 0 saturated heterocycles. The Bertz CT molecular complexity index is 1050. The van der Waals surface area contributed by atoms with Gasteiger partial charge in [-0.1, -0.05) is 12.1 Å². The van der Waals surface area contributed by atoms with Crippen molar-refractivity contribution in [1.82, 2.24) is 10.2 Å². The first-order chi connectivity index (χ1) is 12.7. The number of hydrogen-bond donors (Lipinski definition) is 2. The highest BCUT2D eigenvalue weighted by molar-refractivity contribution is 7.89. The molecule has 3 rings (SSSR count). The molecule has 0 bridgehead atoms. The van der Waals surface area contributed by atoms with Gasteiger partial charge in [-0.15, -0.1) is 0 Å². The van der Waals surface area contributed by atoms with E-state index >= 15 is 0 Å². The predicted octanol–water partition coefficient (Wildman–Crippen LogP) is 0.532. The number of fused-ring (bicyclic) bond motifs is 1. The Hall–Kier alpha value is -3.04. The van der Waals surface area contributed by atoms with E-state index in [0.717, 1.165) is 10.5 Å². The third-order valence-electron chi connectivity index (χ3n) is 4.30. The van der Waals surface area contributed by atoms with Crippen LogP contribution >= 0.6 is 0 Å². The van der Waals surface area contributed by atoms with Gasteiger partial charge in [0.15, 0.2) is 0 Å². The minimum atomic E-state index is -3.73. The van der Waals surface area contributed by atoms with Crippen LogP contribution in [-0.4, -0.2) is 44.6 Å². The maximum atomic E-state index is 12.3. The van der Waals surface area contributed by atoms with Crippen molar-refractivity contribution >= 4 is 27.7 Å². The Morgan fingerprint density at radius 2 is 1.67 bits per heavy atom. The van der Waals surface area contributed by atoms with Crippen LogP contribution in [-0.2, 0) is 16.4 Å². The molecule has 8 nitrogen and oxygen atoms in total. The second kappa shape index (κ2) is 6.93. The van der Waals surface area contributed by atoms with Crippen LogP contribution in [0.2, 0.25) is 0 Å². The van der Waals surface area contributed by atoms with Gasteiger partial charge in [0.2, 0.25) is 10.0 Å². The molecule has 0 atom stereocenters. The standard InChI is InChI=1S/C18H17N3O5S/c1-21-17(23)14-7-4-12(10-15(14)18(21)24)16(22)20-9-8-11-2-5-13(6-3-11)27(19,25)26/h2-7,10H,8-9H2,1H3,(H,20,22)(H2,19,25,26). The van der Waals surface area contributed by atoms with Gasteiger partial charge in [0.1, 0.15) is 0 Å². The van der Waals surface area contributed by atoms with E-state index in [1.807, 2.05) is 0 Å². The second-order valence-corrected chi connectivity index (χ2v) is 7.69. The van der Waals surface area contributed by atoms with E-state index in [4.69, 9.17) is 5.14 Å². The predicted molar refractivity (Wildman–Crippen MR) is 96.7 cm³/mol. The Morgan fingerprint density at radius 3 is 2.30 bits per heavy atom. The molecule has 0 fully saturated rings. The van der Waals surface area contributed by atoms with Gasteiger partial charge in [-0.2, -0.15) is 0 Å². The maximum absolute atomic E-state index is 12.3. The lowest BCUT2D eigenvalue weighted by molar-refractivity contribution is 0.0693. The summed E-state index contributed by atoms with van der Waals surface area (Å²) in [6, 6.07) is 10.5. The summed E-state index contributed by atoms with van der Waals surface area (Å²) >= 11 is 0. The van der Waals surface area contributed by atoms with Crippen molar-refractivity contribution in [3.05, 3.63) is 64.7 Å². The fourth-order valence-corrected chi connectivity index (χ4v) is 3.29. The summed E-state index contributed by atoms with van der Waals surface area (Å²) in [6.45, 7) is 0.317. The molecule has 3 amide bonds. The van der Waals surface area contributed by atoms with Crippen LogP contribution in [0.3, 0.4) is 0 Å². The number of sulfonamides is 1. The maximum Gasteiger partial charge on any atom is 0.261 e. The lowest BCUT2D eigenvalue weighted by atomic mass is 10.1. The van der Waals surface area contributed by atoms with Crippen LogP contribution < -0.4 is 10.5 Å². The zero-order valence-electron chi connectivity index (χ0n) is 14.4. The molecule has 140 valence electrons. The summed E-state index contributed by atoms with van der Waals surface area (Å²) in [5, 5.41) is 7.77. The Balaban J connectivity index is 1.62. The SMILES string of the molecule is CN1C(=O)c2ccc(C(=O)NCCc3ccc(S(N)(=O)=O)cc3)cc2C1=O. The largest absolute Gasteiger partial charge is 0.352 e. The summed E-state index contributed by atoms with van der Waals surface area (Å²) in [4.78, 5) is 37.2. The minimum absolute atomic E-state index is 0.0256. The van der Waals surface area contributed by atoms with Gasteiger partial charge in [-0.25, -0.2) is 13.6 Å². The number of carbonyl (C=O) groups is 3. The van der Waals surface area contributed by atoms with E-state index in [-0.39, 0.29) is 33.4 Å². The fourth-order valence-electron chi connectivity index (χ4n) is 2.77. The lowest BCUT2D eigenvalue weighted by Crippen LogP contribution is -2.26. The number of carbonyl (C=O) groups excluding carboxylic acids is 3. The number of nitrogens with one attached hydrogen (secondary N) is 1.